The Morgan fingerprint density at radius 3 is 2.47 bits per heavy atom. The summed E-state index contributed by atoms with van der Waals surface area (Å²) in [5, 5.41) is 7.78. The molecule has 0 saturated heterocycles. The predicted octanol–water partition coefficient (Wildman–Crippen LogP) is 2.56. The topological polar surface area (TPSA) is 50.2 Å². The Hall–Kier alpha value is 0.591. The number of thiazole rings is 1. The summed E-state index contributed by atoms with van der Waals surface area (Å²) in [6, 6.07) is 16.5. The summed E-state index contributed by atoms with van der Waals surface area (Å²) in [5.41, 5.74) is 5.62. The molecule has 3 rings (SSSR count). The van der Waals surface area contributed by atoms with Gasteiger partial charge in [-0.2, -0.15) is 59.9 Å². The molecule has 1 aromatic heterocycles. The largest absolute Gasteiger partial charge is 1.00 e. The second-order valence-electron chi connectivity index (χ2n) is 6.09. The molecule has 0 spiro atoms. The Labute approximate surface area is 271 Å². The van der Waals surface area contributed by atoms with Gasteiger partial charge in [-0.1, -0.05) is 67.5 Å². The van der Waals surface area contributed by atoms with Crippen LogP contribution in [0.4, 0.5) is 0 Å². The van der Waals surface area contributed by atoms with E-state index in [1.165, 1.54) is 11.5 Å². The fraction of sp³-hybridized carbons (Fsp3) is 0.130. The van der Waals surface area contributed by atoms with Crippen LogP contribution in [0.25, 0.3) is 16.1 Å². The van der Waals surface area contributed by atoms with E-state index in [0.29, 0.717) is 6.47 Å². The fourth-order valence-electron chi connectivity index (χ4n) is 2.53. The summed E-state index contributed by atoms with van der Waals surface area (Å²) < 4.78 is 0. The molecule has 0 saturated carbocycles. The van der Waals surface area contributed by atoms with Gasteiger partial charge in [0.15, 0.2) is 0 Å². The fourth-order valence-corrected chi connectivity index (χ4v) is 3.49. The SMILES string of the molecule is C=C(c1ccc([CH2-])c(C)c1)[C-](C)Cc1[c-]nc(-c2ccccc2)s1.O=[C-]O.[Rb+].[Re].[Y]. The smallest absolute Gasteiger partial charge is 0.665 e. The third-order valence-electron chi connectivity index (χ3n) is 4.15. The van der Waals surface area contributed by atoms with Crippen molar-refractivity contribution in [1.82, 2.24) is 4.98 Å². The molecule has 0 aliphatic carbocycles. The van der Waals surface area contributed by atoms with Gasteiger partial charge >= 0.3 is 58.2 Å². The summed E-state index contributed by atoms with van der Waals surface area (Å²) in [4.78, 5) is 13.8. The molecule has 2 radical (unpaired) electrons. The number of nitrogens with zero attached hydrogens (tertiary/aromatic N) is 1. The molecule has 3 aromatic rings. The molecule has 3 nitrogen and oxygen atoms in total. The molecule has 0 fully saturated rings. The number of benzene rings is 2. The van der Waals surface area contributed by atoms with E-state index in [1.807, 2.05) is 18.2 Å². The first-order valence-electron chi connectivity index (χ1n) is 8.35. The van der Waals surface area contributed by atoms with Crippen LogP contribution in [-0.4, -0.2) is 16.6 Å². The molecule has 0 unspecified atom stereocenters. The van der Waals surface area contributed by atoms with Crippen molar-refractivity contribution in [2.24, 2.45) is 0 Å². The van der Waals surface area contributed by atoms with Crippen molar-refractivity contribution in [3.8, 4) is 10.6 Å². The zero-order chi connectivity index (χ0) is 19.8. The first-order chi connectivity index (χ1) is 13.0. The van der Waals surface area contributed by atoms with E-state index in [1.54, 1.807) is 11.3 Å². The maximum absolute atomic E-state index is 8.24. The molecule has 30 heavy (non-hydrogen) atoms. The average Bonchev–Trinajstić information content (AvgIpc) is 3.13. The van der Waals surface area contributed by atoms with Crippen LogP contribution in [-0.2, 0) is 64.3 Å². The van der Waals surface area contributed by atoms with Crippen LogP contribution in [0, 0.1) is 26.0 Å². The van der Waals surface area contributed by atoms with Crippen molar-refractivity contribution >= 4 is 23.4 Å². The monoisotopic (exact) mass is 736 g/mol. The zero-order valence-electron chi connectivity index (χ0n) is 17.4. The van der Waals surface area contributed by atoms with Crippen LogP contribution in [0.2, 0.25) is 0 Å². The maximum Gasteiger partial charge on any atom is 1.00 e. The molecule has 1 N–H and O–H groups in total. The van der Waals surface area contributed by atoms with Gasteiger partial charge in [0, 0.05) is 53.1 Å². The first-order valence-corrected chi connectivity index (χ1v) is 9.16. The third kappa shape index (κ3) is 10.0. The summed E-state index contributed by atoms with van der Waals surface area (Å²) in [6.45, 7) is 13.0. The Morgan fingerprint density at radius 2 is 1.90 bits per heavy atom. The molecule has 150 valence electrons. The second kappa shape index (κ2) is 17.1. The van der Waals surface area contributed by atoms with E-state index in [2.05, 4.69) is 68.9 Å². The van der Waals surface area contributed by atoms with Crippen LogP contribution in [0.1, 0.15) is 28.5 Å². The zero-order valence-corrected chi connectivity index (χ0v) is 28.7. The van der Waals surface area contributed by atoms with Crippen LogP contribution >= 0.6 is 11.3 Å². The minimum Gasteiger partial charge on any atom is -0.665 e. The van der Waals surface area contributed by atoms with Crippen molar-refractivity contribution in [2.45, 2.75) is 20.3 Å². The first kappa shape index (κ1) is 32.8. The summed E-state index contributed by atoms with van der Waals surface area (Å²) in [7, 11) is 0. The summed E-state index contributed by atoms with van der Waals surface area (Å²) in [6.07, 6.45) is 3.99. The van der Waals surface area contributed by atoms with Crippen molar-refractivity contribution < 1.29 is 121 Å². The van der Waals surface area contributed by atoms with Crippen LogP contribution in [0.5, 0.6) is 0 Å². The van der Waals surface area contributed by atoms with Crippen molar-refractivity contribution in [3.63, 3.8) is 0 Å². The molecule has 7 heteroatoms. The van der Waals surface area contributed by atoms with Crippen LogP contribution in [0.15, 0.2) is 55.1 Å². The molecule has 1 heterocycles. The minimum atomic E-state index is 0. The van der Waals surface area contributed by atoms with E-state index in [4.69, 9.17) is 9.90 Å². The standard InChI is InChI=1S/C22H20NS.CHO2.Rb.Re.Y/c1-15-10-11-20(12-16(15)2)18(4)17(3)13-21-14-23-22(24-21)19-8-6-5-7-9-19;2-1-3;;;/h5-12H,1,4,13H2,2-3H3;(H,2,3);;;/q-3;-1;+1;;. The van der Waals surface area contributed by atoms with Gasteiger partial charge in [-0.05, 0) is 5.01 Å². The van der Waals surface area contributed by atoms with E-state index in [0.717, 1.165) is 38.6 Å². The molecular formula is C23H21NO2RbReSY-3. The van der Waals surface area contributed by atoms with Gasteiger partial charge in [0.2, 0.25) is 0 Å². The van der Waals surface area contributed by atoms with Gasteiger partial charge in [-0.15, -0.1) is 6.20 Å². The van der Waals surface area contributed by atoms with Crippen molar-refractivity contribution in [2.75, 3.05) is 0 Å². The summed E-state index contributed by atoms with van der Waals surface area (Å²) >= 11 is 1.69. The molecule has 2 aromatic carbocycles. The van der Waals surface area contributed by atoms with Gasteiger partial charge in [0.1, 0.15) is 0 Å². The van der Waals surface area contributed by atoms with Gasteiger partial charge in [-0.3, -0.25) is 0 Å². The number of hydrogen-bond acceptors (Lipinski definition) is 3. The van der Waals surface area contributed by atoms with E-state index in [9.17, 15) is 0 Å². The average molecular weight is 736 g/mol. The Kier molecular flexibility index (Phi) is 18.7. The van der Waals surface area contributed by atoms with Gasteiger partial charge in [-0.25, -0.2) is 11.3 Å². The number of aryl methyl sites for hydroxylation is 1. The van der Waals surface area contributed by atoms with Crippen molar-refractivity contribution in [1.29, 1.82) is 0 Å². The second-order valence-corrected chi connectivity index (χ2v) is 7.17. The number of hydrogen-bond donors (Lipinski definition) is 1. The third-order valence-corrected chi connectivity index (χ3v) is 5.16. The van der Waals surface area contributed by atoms with Crippen molar-refractivity contribution in [3.05, 3.63) is 95.7 Å². The minimum absolute atomic E-state index is 0. The Morgan fingerprint density at radius 1 is 1.30 bits per heavy atom. The molecule has 0 amide bonds. The molecule has 0 bridgehead atoms. The van der Waals surface area contributed by atoms with Crippen LogP contribution in [0.3, 0.4) is 0 Å². The number of rotatable bonds is 5. The molecule has 0 aliphatic heterocycles. The quantitative estimate of drug-likeness (QED) is 0.411. The van der Waals surface area contributed by atoms with Gasteiger partial charge in [0.25, 0.3) is 0 Å². The number of aliphatic hydroxyl groups excluding tert-OH is 1. The Balaban J connectivity index is 0. The molecule has 0 atom stereocenters. The van der Waals surface area contributed by atoms with E-state index >= 15 is 0 Å². The summed E-state index contributed by atoms with van der Waals surface area (Å²) in [5.74, 6) is 1.24. The maximum atomic E-state index is 8.24. The number of allylic oxidation sites excluding steroid dienone is 1. The molecular weight excluding hydrogens is 715 g/mol. The normalized spacial score (nSPS) is 8.87. The molecule has 0 aliphatic rings. The predicted molar refractivity (Wildman–Crippen MR) is 112 cm³/mol. The van der Waals surface area contributed by atoms with E-state index < -0.39 is 0 Å². The van der Waals surface area contributed by atoms with Gasteiger partial charge in [0.05, 0.1) is 0 Å². The Bertz CT molecular complexity index is 919. The van der Waals surface area contributed by atoms with Gasteiger partial charge < -0.3 is 14.9 Å². The number of aromatic nitrogens is 1. The van der Waals surface area contributed by atoms with Crippen LogP contribution < -0.4 is 58.2 Å². The van der Waals surface area contributed by atoms with E-state index in [-0.39, 0.29) is 111 Å².